The number of H-pyrrole nitrogens is 1. The van der Waals surface area contributed by atoms with Gasteiger partial charge < -0.3 is 15.0 Å². The van der Waals surface area contributed by atoms with Gasteiger partial charge in [0.25, 0.3) is 0 Å². The predicted molar refractivity (Wildman–Crippen MR) is 96.7 cm³/mol. The molecule has 26 heavy (non-hydrogen) atoms. The number of aromatic amines is 1. The minimum absolute atomic E-state index is 0.0265. The summed E-state index contributed by atoms with van der Waals surface area (Å²) in [6.45, 7) is 4.35. The second-order valence-corrected chi connectivity index (χ2v) is 6.53. The molecule has 1 saturated carbocycles. The van der Waals surface area contributed by atoms with Crippen molar-refractivity contribution in [2.24, 2.45) is 5.92 Å². The number of hydrogen-bond donors (Lipinski definition) is 2. The highest BCUT2D eigenvalue weighted by Crippen LogP contribution is 2.47. The topological polar surface area (TPSA) is 92.8 Å². The lowest BCUT2D eigenvalue weighted by Crippen LogP contribution is -2.29. The summed E-state index contributed by atoms with van der Waals surface area (Å²) in [7, 11) is 0. The van der Waals surface area contributed by atoms with E-state index in [0.717, 1.165) is 23.3 Å². The number of aromatic nitrogens is 4. The van der Waals surface area contributed by atoms with Crippen LogP contribution in [0.5, 0.6) is 5.88 Å². The first-order valence-corrected chi connectivity index (χ1v) is 8.85. The fraction of sp³-hybridized carbons (Fsp3) is 0.368. The molecule has 1 aliphatic rings. The highest BCUT2D eigenvalue weighted by Gasteiger charge is 2.46. The van der Waals surface area contributed by atoms with Gasteiger partial charge in [-0.2, -0.15) is 0 Å². The second-order valence-electron chi connectivity index (χ2n) is 6.53. The van der Waals surface area contributed by atoms with Gasteiger partial charge in [0.1, 0.15) is 5.82 Å². The van der Waals surface area contributed by atoms with E-state index < -0.39 is 0 Å². The van der Waals surface area contributed by atoms with Gasteiger partial charge in [0.2, 0.25) is 11.8 Å². The molecule has 134 valence electrons. The number of ether oxygens (including phenoxy) is 1. The van der Waals surface area contributed by atoms with E-state index >= 15 is 0 Å². The van der Waals surface area contributed by atoms with Crippen LogP contribution in [0.2, 0.25) is 0 Å². The molecule has 0 radical (unpaired) electrons. The zero-order valence-corrected chi connectivity index (χ0v) is 14.8. The van der Waals surface area contributed by atoms with E-state index in [1.165, 1.54) is 0 Å². The molecular weight excluding hydrogens is 330 g/mol. The number of imidazole rings is 1. The number of carbonyl (C=O) groups is 1. The van der Waals surface area contributed by atoms with Crippen LogP contribution in [0.3, 0.4) is 0 Å². The molecule has 1 aromatic carbocycles. The summed E-state index contributed by atoms with van der Waals surface area (Å²) in [6.07, 6.45) is 4.03. The van der Waals surface area contributed by atoms with Crippen LogP contribution in [0.4, 0.5) is 0 Å². The smallest absolute Gasteiger partial charge is 0.232 e. The number of hydrogen-bond acceptors (Lipinski definition) is 5. The molecule has 0 spiro atoms. The Balaban J connectivity index is 1.38. The van der Waals surface area contributed by atoms with Crippen molar-refractivity contribution in [3.05, 3.63) is 48.2 Å². The number of amides is 1. The van der Waals surface area contributed by atoms with Gasteiger partial charge in [-0.05, 0) is 32.4 Å². The Morgan fingerprint density at radius 2 is 2.19 bits per heavy atom. The molecule has 0 bridgehead atoms. The maximum atomic E-state index is 12.5. The van der Waals surface area contributed by atoms with Gasteiger partial charge >= 0.3 is 0 Å². The van der Waals surface area contributed by atoms with Crippen molar-refractivity contribution in [2.75, 3.05) is 6.61 Å². The quantitative estimate of drug-likeness (QED) is 0.712. The van der Waals surface area contributed by atoms with Crippen LogP contribution in [0.1, 0.15) is 43.7 Å². The molecule has 2 heterocycles. The Labute approximate surface area is 151 Å². The van der Waals surface area contributed by atoms with Gasteiger partial charge in [-0.15, -0.1) is 0 Å². The van der Waals surface area contributed by atoms with Gasteiger partial charge in [-0.1, -0.05) is 12.1 Å². The Bertz CT molecular complexity index is 888. The van der Waals surface area contributed by atoms with E-state index in [4.69, 9.17) is 4.74 Å². The molecule has 3 atom stereocenters. The second kappa shape index (κ2) is 6.74. The van der Waals surface area contributed by atoms with Crippen LogP contribution in [0.25, 0.3) is 11.0 Å². The predicted octanol–water partition coefficient (Wildman–Crippen LogP) is 2.73. The zero-order valence-electron chi connectivity index (χ0n) is 14.8. The number of benzene rings is 1. The highest BCUT2D eigenvalue weighted by atomic mass is 16.5. The first-order valence-electron chi connectivity index (χ1n) is 8.85. The summed E-state index contributed by atoms with van der Waals surface area (Å²) in [5.41, 5.74) is 2.65. The summed E-state index contributed by atoms with van der Waals surface area (Å²) < 4.78 is 5.29. The average Bonchev–Trinajstić information content (AvgIpc) is 3.34. The van der Waals surface area contributed by atoms with Gasteiger partial charge in [0.05, 0.1) is 41.8 Å². The fourth-order valence-electron chi connectivity index (χ4n) is 3.10. The van der Waals surface area contributed by atoms with E-state index in [0.29, 0.717) is 18.2 Å². The lowest BCUT2D eigenvalue weighted by atomic mass is 10.2. The number of nitrogens with one attached hydrogen (secondary N) is 2. The largest absolute Gasteiger partial charge is 0.477 e. The van der Waals surface area contributed by atoms with Crippen LogP contribution < -0.4 is 10.1 Å². The lowest BCUT2D eigenvalue weighted by Gasteiger charge is -2.13. The van der Waals surface area contributed by atoms with Crippen molar-refractivity contribution in [2.45, 2.75) is 32.2 Å². The molecule has 2 aromatic heterocycles. The van der Waals surface area contributed by atoms with Crippen molar-refractivity contribution in [3.63, 3.8) is 0 Å². The Morgan fingerprint density at radius 3 is 2.92 bits per heavy atom. The van der Waals surface area contributed by atoms with Crippen molar-refractivity contribution >= 4 is 16.9 Å². The molecule has 1 aliphatic carbocycles. The third-order valence-electron chi connectivity index (χ3n) is 4.63. The van der Waals surface area contributed by atoms with Gasteiger partial charge in [-0.25, -0.2) is 9.97 Å². The SMILES string of the molecule is CCOc1cnc([C@@H](C)NC(=O)C2CC2c2nc3ccccc3[nH]2)cn1. The number of fused-ring (bicyclic) bond motifs is 1. The minimum atomic E-state index is -0.206. The average molecular weight is 351 g/mol. The van der Waals surface area contributed by atoms with E-state index in [1.807, 2.05) is 38.1 Å². The first-order chi connectivity index (χ1) is 12.7. The van der Waals surface area contributed by atoms with E-state index in [2.05, 4.69) is 25.3 Å². The van der Waals surface area contributed by atoms with Crippen molar-refractivity contribution < 1.29 is 9.53 Å². The van der Waals surface area contributed by atoms with Crippen LogP contribution >= 0.6 is 0 Å². The summed E-state index contributed by atoms with van der Waals surface area (Å²) in [5, 5.41) is 3.02. The van der Waals surface area contributed by atoms with E-state index in [-0.39, 0.29) is 23.8 Å². The molecule has 4 rings (SSSR count). The summed E-state index contributed by atoms with van der Waals surface area (Å²) in [6, 6.07) is 7.70. The normalized spacial score (nSPS) is 19.9. The van der Waals surface area contributed by atoms with E-state index in [9.17, 15) is 4.79 Å². The van der Waals surface area contributed by atoms with Crippen molar-refractivity contribution in [3.8, 4) is 5.88 Å². The fourth-order valence-corrected chi connectivity index (χ4v) is 3.10. The van der Waals surface area contributed by atoms with Gasteiger partial charge in [0, 0.05) is 11.8 Å². The molecule has 0 aliphatic heterocycles. The van der Waals surface area contributed by atoms with Gasteiger partial charge in [-0.3, -0.25) is 9.78 Å². The van der Waals surface area contributed by atoms with E-state index in [1.54, 1.807) is 12.4 Å². The molecule has 2 unspecified atom stereocenters. The van der Waals surface area contributed by atoms with Crippen LogP contribution in [-0.4, -0.2) is 32.4 Å². The maximum absolute atomic E-state index is 12.5. The molecule has 7 heteroatoms. The Morgan fingerprint density at radius 1 is 1.35 bits per heavy atom. The molecule has 7 nitrogen and oxygen atoms in total. The highest BCUT2D eigenvalue weighted by molar-refractivity contribution is 5.83. The summed E-state index contributed by atoms with van der Waals surface area (Å²) >= 11 is 0. The zero-order chi connectivity index (χ0) is 18.1. The molecule has 0 saturated heterocycles. The van der Waals surface area contributed by atoms with Crippen LogP contribution in [-0.2, 0) is 4.79 Å². The Hall–Kier alpha value is -2.96. The molecule has 2 N–H and O–H groups in total. The minimum Gasteiger partial charge on any atom is -0.477 e. The van der Waals surface area contributed by atoms with Crippen LogP contribution in [0.15, 0.2) is 36.7 Å². The first kappa shape index (κ1) is 16.5. The standard InChI is InChI=1S/C19H21N5O2/c1-3-26-17-10-20-16(9-21-17)11(2)22-19(25)13-8-12(13)18-23-14-6-4-5-7-15(14)24-18/h4-7,9-13H,3,8H2,1-2H3,(H,22,25)(H,23,24)/t11-,12?,13?/m1/s1. The summed E-state index contributed by atoms with van der Waals surface area (Å²) in [4.78, 5) is 29.0. The molecule has 1 amide bonds. The third kappa shape index (κ3) is 3.24. The van der Waals surface area contributed by atoms with Crippen LogP contribution in [0, 0.1) is 5.92 Å². The van der Waals surface area contributed by atoms with Crippen molar-refractivity contribution in [1.82, 2.24) is 25.3 Å². The number of nitrogens with zero attached hydrogens (tertiary/aromatic N) is 3. The van der Waals surface area contributed by atoms with Crippen molar-refractivity contribution in [1.29, 1.82) is 0 Å². The lowest BCUT2D eigenvalue weighted by molar-refractivity contribution is -0.123. The number of para-hydroxylation sites is 2. The maximum Gasteiger partial charge on any atom is 0.232 e. The summed E-state index contributed by atoms with van der Waals surface area (Å²) in [5.74, 6) is 1.51. The third-order valence-corrected chi connectivity index (χ3v) is 4.63. The number of carbonyl (C=O) groups excluding carboxylic acids is 1. The monoisotopic (exact) mass is 351 g/mol. The Kier molecular flexibility index (Phi) is 4.28. The molecular formula is C19H21N5O2. The molecule has 1 fully saturated rings. The number of rotatable bonds is 6. The molecule has 3 aromatic rings. The van der Waals surface area contributed by atoms with Gasteiger partial charge in [0.15, 0.2) is 0 Å².